The van der Waals surface area contributed by atoms with Gasteiger partial charge >= 0.3 is 0 Å². The Bertz CT molecular complexity index is 695. The molecule has 0 bridgehead atoms. The van der Waals surface area contributed by atoms with E-state index in [9.17, 15) is 9.50 Å². The van der Waals surface area contributed by atoms with E-state index in [1.54, 1.807) is 13.0 Å². The van der Waals surface area contributed by atoms with E-state index in [2.05, 4.69) is 6.58 Å². The van der Waals surface area contributed by atoms with Gasteiger partial charge in [0.25, 0.3) is 0 Å². The number of aliphatic hydroxyl groups excluding tert-OH is 2. The summed E-state index contributed by atoms with van der Waals surface area (Å²) in [6, 6.07) is 8.01. The van der Waals surface area contributed by atoms with E-state index in [0.717, 1.165) is 29.9 Å². The fourth-order valence-corrected chi connectivity index (χ4v) is 2.88. The number of rotatable bonds is 4. The lowest BCUT2D eigenvalue weighted by Crippen LogP contribution is -2.24. The summed E-state index contributed by atoms with van der Waals surface area (Å²) in [6.45, 7) is 15.1. The molecular formula is C23H33FO3. The molecule has 1 heterocycles. The van der Waals surface area contributed by atoms with E-state index in [-0.39, 0.29) is 0 Å². The largest absolute Gasteiger partial charge is 0.400 e. The zero-order valence-electron chi connectivity index (χ0n) is 17.5. The van der Waals surface area contributed by atoms with Crippen molar-refractivity contribution in [1.82, 2.24) is 0 Å². The van der Waals surface area contributed by atoms with Gasteiger partial charge < -0.3 is 14.9 Å². The van der Waals surface area contributed by atoms with Gasteiger partial charge in [0.05, 0.1) is 5.60 Å². The molecular weight excluding hydrogens is 343 g/mol. The fraction of sp³-hybridized carbons (Fsp3) is 0.391. The van der Waals surface area contributed by atoms with Gasteiger partial charge in [-0.3, -0.25) is 0 Å². The van der Waals surface area contributed by atoms with Crippen LogP contribution in [0.4, 0.5) is 4.39 Å². The average Bonchev–Trinajstić information content (AvgIpc) is 2.92. The quantitative estimate of drug-likeness (QED) is 0.683. The van der Waals surface area contributed by atoms with Gasteiger partial charge in [0, 0.05) is 12.7 Å². The van der Waals surface area contributed by atoms with Gasteiger partial charge in [-0.15, -0.1) is 0 Å². The number of halogens is 1. The van der Waals surface area contributed by atoms with Gasteiger partial charge in [0.15, 0.2) is 6.29 Å². The van der Waals surface area contributed by atoms with Crippen LogP contribution < -0.4 is 0 Å². The van der Waals surface area contributed by atoms with E-state index >= 15 is 0 Å². The topological polar surface area (TPSA) is 49.7 Å². The summed E-state index contributed by atoms with van der Waals surface area (Å²) in [4.78, 5) is 0. The lowest BCUT2D eigenvalue weighted by Gasteiger charge is -2.22. The van der Waals surface area contributed by atoms with E-state index in [0.29, 0.717) is 11.1 Å². The predicted molar refractivity (Wildman–Crippen MR) is 112 cm³/mol. The molecule has 0 aliphatic carbocycles. The van der Waals surface area contributed by atoms with Crippen molar-refractivity contribution >= 4 is 5.57 Å². The number of hydrogen-bond acceptors (Lipinski definition) is 3. The van der Waals surface area contributed by atoms with Crippen LogP contribution in [0.5, 0.6) is 0 Å². The summed E-state index contributed by atoms with van der Waals surface area (Å²) in [5, 5.41) is 17.4. The minimum absolute atomic E-state index is 0.453. The third-order valence-electron chi connectivity index (χ3n) is 3.98. The van der Waals surface area contributed by atoms with Crippen molar-refractivity contribution in [2.75, 3.05) is 7.11 Å². The lowest BCUT2D eigenvalue weighted by molar-refractivity contribution is -0.109. The van der Waals surface area contributed by atoms with Crippen LogP contribution in [0.1, 0.15) is 45.7 Å². The van der Waals surface area contributed by atoms with E-state index in [1.165, 1.54) is 6.08 Å². The van der Waals surface area contributed by atoms with Crippen molar-refractivity contribution < 1.29 is 19.3 Å². The first-order valence-electron chi connectivity index (χ1n) is 9.08. The van der Waals surface area contributed by atoms with Crippen LogP contribution in [0.2, 0.25) is 0 Å². The normalized spacial score (nSPS) is 19.0. The first-order valence-corrected chi connectivity index (χ1v) is 9.08. The summed E-state index contributed by atoms with van der Waals surface area (Å²) in [5.41, 5.74) is 3.49. The van der Waals surface area contributed by atoms with Gasteiger partial charge in [-0.1, -0.05) is 56.3 Å². The Morgan fingerprint density at radius 1 is 1.19 bits per heavy atom. The molecule has 0 aromatic heterocycles. The summed E-state index contributed by atoms with van der Waals surface area (Å²) in [6.07, 6.45) is 3.18. The number of hydrogen-bond donors (Lipinski definition) is 2. The molecule has 1 aliphatic heterocycles. The van der Waals surface area contributed by atoms with E-state index < -0.39 is 17.7 Å². The highest BCUT2D eigenvalue weighted by Crippen LogP contribution is 2.44. The van der Waals surface area contributed by atoms with E-state index in [4.69, 9.17) is 9.84 Å². The monoisotopic (exact) mass is 376 g/mol. The van der Waals surface area contributed by atoms with Crippen LogP contribution in [-0.2, 0) is 4.74 Å². The fourth-order valence-electron chi connectivity index (χ4n) is 2.88. The molecule has 1 aromatic rings. The molecule has 0 saturated carbocycles. The van der Waals surface area contributed by atoms with Crippen molar-refractivity contribution in [2.45, 2.75) is 53.4 Å². The third kappa shape index (κ3) is 6.28. The maximum absolute atomic E-state index is 13.7. The Morgan fingerprint density at radius 2 is 1.70 bits per heavy atom. The molecule has 0 radical (unpaired) electrons. The minimum Gasteiger partial charge on any atom is -0.400 e. The summed E-state index contributed by atoms with van der Waals surface area (Å²) >= 11 is 0. The second kappa shape index (κ2) is 11.7. The average molecular weight is 377 g/mol. The number of benzene rings is 1. The van der Waals surface area contributed by atoms with Gasteiger partial charge in [-0.25, -0.2) is 4.39 Å². The van der Waals surface area contributed by atoms with Gasteiger partial charge in [0.2, 0.25) is 0 Å². The highest BCUT2D eigenvalue weighted by Gasteiger charge is 2.40. The molecule has 3 nitrogen and oxygen atoms in total. The number of aliphatic hydroxyl groups is 2. The van der Waals surface area contributed by atoms with Crippen LogP contribution in [0.25, 0.3) is 5.57 Å². The maximum atomic E-state index is 13.7. The molecule has 1 aromatic carbocycles. The predicted octanol–water partition coefficient (Wildman–Crippen LogP) is 5.50. The van der Waals surface area contributed by atoms with Gasteiger partial charge in [0.1, 0.15) is 5.83 Å². The molecule has 0 fully saturated rings. The molecule has 150 valence electrons. The van der Waals surface area contributed by atoms with Crippen LogP contribution in [0, 0.1) is 6.92 Å². The Balaban J connectivity index is 0.00000158. The second-order valence-corrected chi connectivity index (χ2v) is 6.11. The van der Waals surface area contributed by atoms with Gasteiger partial charge in [-0.2, -0.15) is 0 Å². The Hall–Kier alpha value is -2.01. The van der Waals surface area contributed by atoms with Crippen LogP contribution in [0.15, 0.2) is 66.0 Å². The standard InChI is InChI=1S/C20H23FO2.C2H6.CH4O/c1-6-14(12-16(21)7-2)17-18(20(4,5)23-19(17)22)15-10-8-13(3)9-11-15;2*1-2/h6-12,19,22H,2H2,1,3-5H3;1-2H3;2H,1H3/b14-6+,16-12+;;. The number of aryl methyl sites for hydroxylation is 1. The van der Waals surface area contributed by atoms with Gasteiger partial charge in [-0.05, 0) is 56.6 Å². The SMILES string of the molecule is C=C/C(F)=C\C(=C/C)C1=C(c2ccc(C)cc2)C(C)(C)OC1O.CC.CO. The Morgan fingerprint density at radius 3 is 2.15 bits per heavy atom. The molecule has 1 aliphatic rings. The van der Waals surface area contributed by atoms with Crippen molar-refractivity contribution in [3.05, 3.63) is 77.2 Å². The highest BCUT2D eigenvalue weighted by molar-refractivity contribution is 5.81. The Kier molecular flexibility index (Phi) is 10.8. The van der Waals surface area contributed by atoms with Crippen molar-refractivity contribution in [3.63, 3.8) is 0 Å². The molecule has 0 spiro atoms. The molecule has 1 atom stereocenters. The summed E-state index contributed by atoms with van der Waals surface area (Å²) in [5.74, 6) is -0.453. The number of ether oxygens (including phenoxy) is 1. The lowest BCUT2D eigenvalue weighted by atomic mass is 9.86. The Labute approximate surface area is 163 Å². The minimum atomic E-state index is -1.10. The van der Waals surface area contributed by atoms with Crippen molar-refractivity contribution in [2.24, 2.45) is 0 Å². The molecule has 0 amide bonds. The molecule has 4 heteroatoms. The van der Waals surface area contributed by atoms with Crippen molar-refractivity contribution in [1.29, 1.82) is 0 Å². The first-order chi connectivity index (χ1) is 12.8. The molecule has 1 unspecified atom stereocenters. The van der Waals surface area contributed by atoms with E-state index in [1.807, 2.05) is 58.9 Å². The van der Waals surface area contributed by atoms with Crippen molar-refractivity contribution in [3.8, 4) is 0 Å². The number of allylic oxidation sites excluding steroid dienone is 4. The smallest absolute Gasteiger partial charge is 0.183 e. The van der Waals surface area contributed by atoms with Crippen LogP contribution >= 0.6 is 0 Å². The first kappa shape index (κ1) is 25.0. The van der Waals surface area contributed by atoms with Crippen LogP contribution in [0.3, 0.4) is 0 Å². The molecule has 2 N–H and O–H groups in total. The maximum Gasteiger partial charge on any atom is 0.183 e. The van der Waals surface area contributed by atoms with Crippen LogP contribution in [-0.4, -0.2) is 29.2 Å². The summed E-state index contributed by atoms with van der Waals surface area (Å²) < 4.78 is 19.4. The zero-order chi connectivity index (χ0) is 21.2. The molecule has 2 rings (SSSR count). The highest BCUT2D eigenvalue weighted by atomic mass is 19.1. The summed E-state index contributed by atoms with van der Waals surface area (Å²) in [7, 11) is 1.00. The zero-order valence-corrected chi connectivity index (χ0v) is 17.5. The second-order valence-electron chi connectivity index (χ2n) is 6.11. The third-order valence-corrected chi connectivity index (χ3v) is 3.98. The molecule has 27 heavy (non-hydrogen) atoms. The molecule has 0 saturated heterocycles.